The van der Waals surface area contributed by atoms with Gasteiger partial charge >= 0.3 is 12.0 Å². The molecule has 0 aromatic carbocycles. The Morgan fingerprint density at radius 3 is 2.71 bits per heavy atom. The quantitative estimate of drug-likeness (QED) is 0.639. The molecule has 24 heavy (non-hydrogen) atoms. The molecule has 0 spiro atoms. The molecule has 3 amide bonds. The summed E-state index contributed by atoms with van der Waals surface area (Å²) >= 11 is 5.62. The molecule has 8 heteroatoms. The highest BCUT2D eigenvalue weighted by molar-refractivity contribution is 6.29. The van der Waals surface area contributed by atoms with Gasteiger partial charge in [0.2, 0.25) is 0 Å². The van der Waals surface area contributed by atoms with Crippen molar-refractivity contribution in [3.05, 3.63) is 29.0 Å². The molecule has 130 valence electrons. The Morgan fingerprint density at radius 2 is 2.04 bits per heavy atom. The van der Waals surface area contributed by atoms with Crippen LogP contribution in [-0.2, 0) is 9.53 Å². The third-order valence-electron chi connectivity index (χ3n) is 3.98. The molecule has 1 aliphatic rings. The number of esters is 1. The predicted octanol–water partition coefficient (Wildman–Crippen LogP) is 2.30. The molecule has 0 bridgehead atoms. The maximum atomic E-state index is 11.8. The molecule has 1 aliphatic carbocycles. The number of carbonyl (C=O) groups is 3. The van der Waals surface area contributed by atoms with E-state index >= 15 is 0 Å². The van der Waals surface area contributed by atoms with Gasteiger partial charge in [0.25, 0.3) is 5.91 Å². The molecule has 7 nitrogen and oxygen atoms in total. The van der Waals surface area contributed by atoms with Crippen molar-refractivity contribution in [1.29, 1.82) is 0 Å². The number of halogens is 1. The number of amides is 3. The third-order valence-corrected chi connectivity index (χ3v) is 4.20. The van der Waals surface area contributed by atoms with Crippen LogP contribution in [0.15, 0.2) is 18.3 Å². The summed E-state index contributed by atoms with van der Waals surface area (Å²) in [6, 6.07) is 2.38. The zero-order valence-corrected chi connectivity index (χ0v) is 14.1. The van der Waals surface area contributed by atoms with E-state index in [4.69, 9.17) is 16.3 Å². The maximum absolute atomic E-state index is 11.8. The first-order valence-corrected chi connectivity index (χ1v) is 8.22. The van der Waals surface area contributed by atoms with E-state index < -0.39 is 24.5 Å². The van der Waals surface area contributed by atoms with Gasteiger partial charge in [-0.05, 0) is 30.9 Å². The lowest BCUT2D eigenvalue weighted by molar-refractivity contribution is -0.123. The van der Waals surface area contributed by atoms with E-state index in [-0.39, 0.29) is 16.8 Å². The van der Waals surface area contributed by atoms with Crippen LogP contribution in [-0.4, -0.2) is 35.5 Å². The zero-order valence-electron chi connectivity index (χ0n) is 13.4. The summed E-state index contributed by atoms with van der Waals surface area (Å²) in [4.78, 5) is 39.0. The summed E-state index contributed by atoms with van der Waals surface area (Å²) in [6.45, 7) is 1.53. The Kier molecular flexibility index (Phi) is 6.54. The molecule has 1 aromatic heterocycles. The smallest absolute Gasteiger partial charge is 0.340 e. The van der Waals surface area contributed by atoms with E-state index in [1.165, 1.54) is 18.3 Å². The highest BCUT2D eigenvalue weighted by Gasteiger charge is 2.23. The van der Waals surface area contributed by atoms with Crippen molar-refractivity contribution < 1.29 is 19.1 Å². The number of nitrogens with one attached hydrogen (secondary N) is 2. The lowest BCUT2D eigenvalue weighted by Gasteiger charge is -2.29. The van der Waals surface area contributed by atoms with Gasteiger partial charge < -0.3 is 10.1 Å². The van der Waals surface area contributed by atoms with Gasteiger partial charge in [0.1, 0.15) is 5.15 Å². The van der Waals surface area contributed by atoms with Crippen LogP contribution < -0.4 is 10.6 Å². The monoisotopic (exact) mass is 353 g/mol. The van der Waals surface area contributed by atoms with Crippen LogP contribution >= 0.6 is 11.6 Å². The van der Waals surface area contributed by atoms with Crippen molar-refractivity contribution in [3.8, 4) is 0 Å². The Bertz CT molecular complexity index is 606. The van der Waals surface area contributed by atoms with Crippen LogP contribution in [0, 0.1) is 5.92 Å². The molecule has 2 rings (SSSR count). The van der Waals surface area contributed by atoms with Gasteiger partial charge in [0, 0.05) is 12.2 Å². The summed E-state index contributed by atoms with van der Waals surface area (Å²) in [5.41, 5.74) is 0.174. The van der Waals surface area contributed by atoms with Gasteiger partial charge in [-0.15, -0.1) is 0 Å². The van der Waals surface area contributed by atoms with E-state index in [1.54, 1.807) is 0 Å². The average molecular weight is 354 g/mol. The fourth-order valence-corrected chi connectivity index (χ4v) is 2.72. The Hall–Kier alpha value is -2.15. The number of ether oxygens (including phenoxy) is 1. The second kappa shape index (κ2) is 8.63. The number of rotatable bonds is 4. The Balaban J connectivity index is 1.73. The first kappa shape index (κ1) is 18.2. The maximum Gasteiger partial charge on any atom is 0.340 e. The molecular weight excluding hydrogens is 334 g/mol. The van der Waals surface area contributed by atoms with Gasteiger partial charge in [-0.1, -0.05) is 31.4 Å². The van der Waals surface area contributed by atoms with Gasteiger partial charge in [-0.3, -0.25) is 10.1 Å². The minimum Gasteiger partial charge on any atom is -0.452 e. The zero-order chi connectivity index (χ0) is 17.5. The van der Waals surface area contributed by atoms with E-state index in [0.29, 0.717) is 5.92 Å². The number of urea groups is 1. The molecule has 0 aliphatic heterocycles. The van der Waals surface area contributed by atoms with Crippen LogP contribution in [0.4, 0.5) is 4.79 Å². The van der Waals surface area contributed by atoms with Crippen LogP contribution in [0.2, 0.25) is 5.15 Å². The van der Waals surface area contributed by atoms with Crippen molar-refractivity contribution in [2.75, 3.05) is 6.61 Å². The molecule has 2 atom stereocenters. The van der Waals surface area contributed by atoms with E-state index in [2.05, 4.69) is 22.5 Å². The topological polar surface area (TPSA) is 97.4 Å². The van der Waals surface area contributed by atoms with Gasteiger partial charge in [-0.25, -0.2) is 14.6 Å². The van der Waals surface area contributed by atoms with E-state index in [0.717, 1.165) is 25.7 Å². The van der Waals surface area contributed by atoms with Crippen LogP contribution in [0.5, 0.6) is 0 Å². The van der Waals surface area contributed by atoms with Crippen molar-refractivity contribution in [2.24, 2.45) is 5.92 Å². The SMILES string of the molecule is C[C@@H]1CCCC[C@H]1NC(=O)NC(=O)COC(=O)c1ccc(Cl)nc1. The molecule has 1 fully saturated rings. The summed E-state index contributed by atoms with van der Waals surface area (Å²) in [6.07, 6.45) is 5.44. The Morgan fingerprint density at radius 1 is 1.29 bits per heavy atom. The highest BCUT2D eigenvalue weighted by Crippen LogP contribution is 2.23. The normalized spacial score (nSPS) is 20.1. The highest BCUT2D eigenvalue weighted by atomic mass is 35.5. The van der Waals surface area contributed by atoms with Crippen LogP contribution in [0.3, 0.4) is 0 Å². The fourth-order valence-electron chi connectivity index (χ4n) is 2.61. The first-order valence-electron chi connectivity index (χ1n) is 7.84. The average Bonchev–Trinajstić information content (AvgIpc) is 2.55. The first-order chi connectivity index (χ1) is 11.5. The van der Waals surface area contributed by atoms with Crippen molar-refractivity contribution in [2.45, 2.75) is 38.6 Å². The number of hydrogen-bond donors (Lipinski definition) is 2. The minimum absolute atomic E-state index is 0.0641. The van der Waals surface area contributed by atoms with Gasteiger partial charge in [0.05, 0.1) is 5.56 Å². The van der Waals surface area contributed by atoms with Crippen molar-refractivity contribution >= 4 is 29.5 Å². The number of pyridine rings is 1. The van der Waals surface area contributed by atoms with Crippen molar-refractivity contribution in [3.63, 3.8) is 0 Å². The van der Waals surface area contributed by atoms with Crippen molar-refractivity contribution in [1.82, 2.24) is 15.6 Å². The second-order valence-corrected chi connectivity index (χ2v) is 6.22. The molecule has 2 N–H and O–H groups in total. The standard InChI is InChI=1S/C16H20ClN3O4/c1-10-4-2-3-5-12(10)19-16(23)20-14(21)9-24-15(22)11-6-7-13(17)18-8-11/h6-8,10,12H,2-5,9H2,1H3,(H2,19,20,21,23)/t10-,12-/m1/s1. The summed E-state index contributed by atoms with van der Waals surface area (Å²) in [5, 5.41) is 5.20. The summed E-state index contributed by atoms with van der Waals surface area (Å²) < 4.78 is 4.83. The van der Waals surface area contributed by atoms with Gasteiger partial charge in [0.15, 0.2) is 6.61 Å². The second-order valence-electron chi connectivity index (χ2n) is 5.84. The minimum atomic E-state index is -0.712. The molecule has 1 saturated carbocycles. The lowest BCUT2D eigenvalue weighted by Crippen LogP contribution is -2.48. The third kappa shape index (κ3) is 5.49. The lowest BCUT2D eigenvalue weighted by atomic mass is 9.86. The molecule has 1 heterocycles. The van der Waals surface area contributed by atoms with E-state index in [9.17, 15) is 14.4 Å². The van der Waals surface area contributed by atoms with Crippen LogP contribution in [0.1, 0.15) is 43.0 Å². The summed E-state index contributed by atoms with van der Waals surface area (Å²) in [7, 11) is 0. The molecule has 0 saturated heterocycles. The Labute approximate surface area is 145 Å². The number of nitrogens with zero attached hydrogens (tertiary/aromatic N) is 1. The fraction of sp³-hybridized carbons (Fsp3) is 0.500. The largest absolute Gasteiger partial charge is 0.452 e. The predicted molar refractivity (Wildman–Crippen MR) is 87.6 cm³/mol. The van der Waals surface area contributed by atoms with Crippen LogP contribution in [0.25, 0.3) is 0 Å². The molecule has 0 unspecified atom stereocenters. The van der Waals surface area contributed by atoms with E-state index in [1.807, 2.05) is 0 Å². The molecule has 1 aromatic rings. The van der Waals surface area contributed by atoms with Gasteiger partial charge in [-0.2, -0.15) is 0 Å². The number of aromatic nitrogens is 1. The number of hydrogen-bond acceptors (Lipinski definition) is 5. The summed E-state index contributed by atoms with van der Waals surface area (Å²) in [5.74, 6) is -1.02. The number of imide groups is 1. The molecule has 0 radical (unpaired) electrons. The molecular formula is C16H20ClN3O4. The number of carbonyl (C=O) groups excluding carboxylic acids is 3.